The van der Waals surface area contributed by atoms with Gasteiger partial charge in [0.05, 0.1) is 108 Å². The summed E-state index contributed by atoms with van der Waals surface area (Å²) in [6.45, 7) is 6.52. The molecule has 45 heavy (non-hydrogen) atoms. The lowest BCUT2D eigenvalue weighted by Crippen LogP contribution is -2.15. The van der Waals surface area contributed by atoms with Crippen LogP contribution in [-0.4, -0.2) is 122 Å². The van der Waals surface area contributed by atoms with Crippen LogP contribution >= 0.6 is 0 Å². The van der Waals surface area contributed by atoms with Crippen molar-refractivity contribution in [3.8, 4) is 5.75 Å². The molecule has 0 aliphatic rings. The largest absolute Gasteiger partial charge is 0.491 e. The second-order valence-corrected chi connectivity index (χ2v) is 8.96. The molecule has 2 rings (SSSR count). The molecule has 0 saturated carbocycles. The predicted octanol–water partition coefficient (Wildman–Crippen LogP) is 2.92. The maximum absolute atomic E-state index is 11.1. The van der Waals surface area contributed by atoms with Crippen LogP contribution in [0.4, 0.5) is 17.1 Å². The number of aldehydes is 1. The van der Waals surface area contributed by atoms with Gasteiger partial charge in [0.1, 0.15) is 24.3 Å². The minimum atomic E-state index is -0.684. The molecule has 0 saturated heterocycles. The van der Waals surface area contributed by atoms with Gasteiger partial charge in [-0.05, 0) is 30.3 Å². The van der Waals surface area contributed by atoms with Crippen LogP contribution in [0.3, 0.4) is 0 Å². The predicted molar refractivity (Wildman–Crippen MR) is 161 cm³/mol. The van der Waals surface area contributed by atoms with Crippen LogP contribution in [-0.2, 0) is 33.2 Å². The molecule has 0 aliphatic heterocycles. The van der Waals surface area contributed by atoms with Crippen LogP contribution in [0.2, 0.25) is 0 Å². The Hall–Kier alpha value is -3.77. The summed E-state index contributed by atoms with van der Waals surface area (Å²) >= 11 is 0. The van der Waals surface area contributed by atoms with Crippen LogP contribution in [0.15, 0.2) is 42.5 Å². The average Bonchev–Trinajstić information content (AvgIpc) is 3.04. The maximum atomic E-state index is 11.1. The van der Waals surface area contributed by atoms with E-state index in [-0.39, 0.29) is 30.2 Å². The van der Waals surface area contributed by atoms with Gasteiger partial charge in [0, 0.05) is 18.2 Å². The van der Waals surface area contributed by atoms with Crippen molar-refractivity contribution >= 4 is 23.3 Å². The van der Waals surface area contributed by atoms with E-state index in [0.717, 1.165) is 12.4 Å². The van der Waals surface area contributed by atoms with E-state index < -0.39 is 9.85 Å². The highest BCUT2D eigenvalue weighted by Crippen LogP contribution is 2.28. The lowest BCUT2D eigenvalue weighted by molar-refractivity contribution is -0.393. The van der Waals surface area contributed by atoms with E-state index >= 15 is 0 Å². The molecular formula is C29H41N3O13. The molecule has 2 aromatic carbocycles. The molecule has 0 radical (unpaired) electrons. The minimum Gasteiger partial charge on any atom is -0.491 e. The van der Waals surface area contributed by atoms with Gasteiger partial charge >= 0.3 is 0 Å². The van der Waals surface area contributed by atoms with E-state index in [2.05, 4.69) is 5.32 Å². The fourth-order valence-electron chi connectivity index (χ4n) is 3.47. The Balaban J connectivity index is 1.26. The molecule has 0 aromatic heterocycles. The number of ether oxygens (including phenoxy) is 8. The van der Waals surface area contributed by atoms with Crippen LogP contribution in [0.1, 0.15) is 10.4 Å². The molecule has 0 atom stereocenters. The second kappa shape index (κ2) is 24.5. The van der Waals surface area contributed by atoms with Crippen molar-refractivity contribution in [2.45, 2.75) is 0 Å². The number of anilines is 1. The first-order chi connectivity index (χ1) is 22.0. The third-order valence-corrected chi connectivity index (χ3v) is 5.70. The highest BCUT2D eigenvalue weighted by Gasteiger charge is 2.19. The molecule has 16 nitrogen and oxygen atoms in total. The zero-order chi connectivity index (χ0) is 32.4. The zero-order valence-electron chi connectivity index (χ0n) is 25.1. The molecular weight excluding hydrogens is 598 g/mol. The number of nitrogens with one attached hydrogen (secondary N) is 1. The Morgan fingerprint density at radius 1 is 0.578 bits per heavy atom. The molecule has 0 aliphatic carbocycles. The van der Waals surface area contributed by atoms with Crippen LogP contribution in [0, 0.1) is 20.2 Å². The molecule has 0 bridgehead atoms. The fraction of sp³-hybridized carbons (Fsp3) is 0.552. The summed E-state index contributed by atoms with van der Waals surface area (Å²) in [6.07, 6.45) is 0.784. The standard InChI is InChI=1S/C29H41N3O13/c33-24-25-1-4-27(5-2-25)45-22-21-44-20-19-43-18-17-42-16-15-41-14-13-40-12-11-39-10-9-38-8-7-30-28-6-3-26(31(34)35)23-29(28)32(36)37/h1-6,23-24,30H,7-22H2. The summed E-state index contributed by atoms with van der Waals surface area (Å²) in [5.74, 6) is 0.686. The van der Waals surface area contributed by atoms with E-state index in [0.29, 0.717) is 104 Å². The third kappa shape index (κ3) is 18.0. The van der Waals surface area contributed by atoms with Crippen molar-refractivity contribution in [1.82, 2.24) is 0 Å². The lowest BCUT2D eigenvalue weighted by atomic mass is 10.2. The van der Waals surface area contributed by atoms with E-state index in [1.165, 1.54) is 12.1 Å². The summed E-state index contributed by atoms with van der Waals surface area (Å²) in [5.41, 5.74) is 0.0711. The van der Waals surface area contributed by atoms with E-state index in [1.807, 2.05) is 0 Å². The molecule has 0 heterocycles. The summed E-state index contributed by atoms with van der Waals surface area (Å²) < 4.78 is 43.5. The molecule has 1 N–H and O–H groups in total. The number of non-ortho nitro benzene ring substituents is 1. The van der Waals surface area contributed by atoms with Crippen LogP contribution < -0.4 is 10.1 Å². The van der Waals surface area contributed by atoms with Crippen LogP contribution in [0.5, 0.6) is 5.75 Å². The average molecular weight is 640 g/mol. The number of nitro groups is 2. The number of carbonyl (C=O) groups is 1. The van der Waals surface area contributed by atoms with Gasteiger partial charge in [0.15, 0.2) is 0 Å². The van der Waals surface area contributed by atoms with Crippen molar-refractivity contribution < 1.29 is 52.5 Å². The van der Waals surface area contributed by atoms with Crippen LogP contribution in [0.25, 0.3) is 0 Å². The number of nitro benzene ring substituents is 2. The number of carbonyl (C=O) groups excluding carboxylic acids is 1. The Labute approximate surface area is 261 Å². The highest BCUT2D eigenvalue weighted by atomic mass is 16.6. The number of nitrogens with zero attached hydrogens (tertiary/aromatic N) is 2. The second-order valence-electron chi connectivity index (χ2n) is 8.96. The Morgan fingerprint density at radius 3 is 1.44 bits per heavy atom. The first-order valence-corrected chi connectivity index (χ1v) is 14.4. The van der Waals surface area contributed by atoms with Crippen molar-refractivity contribution in [2.24, 2.45) is 0 Å². The number of benzene rings is 2. The molecule has 0 amide bonds. The lowest BCUT2D eigenvalue weighted by Gasteiger charge is -2.09. The number of hydrogen-bond donors (Lipinski definition) is 1. The Morgan fingerprint density at radius 2 is 1.02 bits per heavy atom. The van der Waals surface area contributed by atoms with Gasteiger partial charge in [-0.1, -0.05) is 0 Å². The van der Waals surface area contributed by atoms with Gasteiger partial charge in [0.25, 0.3) is 11.4 Å². The van der Waals surface area contributed by atoms with Gasteiger partial charge < -0.3 is 43.2 Å². The van der Waals surface area contributed by atoms with Crippen molar-refractivity contribution in [2.75, 3.05) is 111 Å². The van der Waals surface area contributed by atoms with E-state index in [1.54, 1.807) is 24.3 Å². The van der Waals surface area contributed by atoms with Gasteiger partial charge in [0.2, 0.25) is 0 Å². The summed E-state index contributed by atoms with van der Waals surface area (Å²) in [5, 5.41) is 24.8. The smallest absolute Gasteiger partial charge is 0.299 e. The molecule has 0 fully saturated rings. The summed E-state index contributed by atoms with van der Waals surface area (Å²) in [6, 6.07) is 10.3. The fourth-order valence-corrected chi connectivity index (χ4v) is 3.47. The van der Waals surface area contributed by atoms with Gasteiger partial charge in [-0.25, -0.2) is 0 Å². The SMILES string of the molecule is O=Cc1ccc(OCCOCCOCCOCCOCCOCCOCCOCCNc2ccc([N+](=O)[O-])cc2[N+](=O)[O-])cc1. The molecule has 250 valence electrons. The van der Waals surface area contributed by atoms with Crippen molar-refractivity contribution in [3.63, 3.8) is 0 Å². The van der Waals surface area contributed by atoms with Crippen molar-refractivity contribution in [3.05, 3.63) is 68.3 Å². The number of rotatable bonds is 29. The highest BCUT2D eigenvalue weighted by molar-refractivity contribution is 5.74. The summed E-state index contributed by atoms with van der Waals surface area (Å²) in [4.78, 5) is 31.2. The monoisotopic (exact) mass is 639 g/mol. The van der Waals surface area contributed by atoms with Gasteiger partial charge in [-0.2, -0.15) is 0 Å². The van der Waals surface area contributed by atoms with Gasteiger partial charge in [-0.3, -0.25) is 25.0 Å². The molecule has 0 unspecified atom stereocenters. The quantitative estimate of drug-likeness (QED) is 0.0592. The molecule has 2 aromatic rings. The minimum absolute atomic E-state index is 0.183. The Kier molecular flexibility index (Phi) is 20.4. The van der Waals surface area contributed by atoms with E-state index in [4.69, 9.17) is 37.9 Å². The van der Waals surface area contributed by atoms with E-state index in [9.17, 15) is 25.0 Å². The Bertz CT molecular complexity index is 1110. The topological polar surface area (TPSA) is 189 Å². The first-order valence-electron chi connectivity index (χ1n) is 14.4. The maximum Gasteiger partial charge on any atom is 0.299 e. The first kappa shape index (κ1) is 37.4. The van der Waals surface area contributed by atoms with Crippen molar-refractivity contribution in [1.29, 1.82) is 0 Å². The number of hydrogen-bond acceptors (Lipinski definition) is 14. The molecule has 16 heteroatoms. The summed E-state index contributed by atoms with van der Waals surface area (Å²) in [7, 11) is 0. The normalized spacial score (nSPS) is 10.9. The molecule has 0 spiro atoms. The zero-order valence-corrected chi connectivity index (χ0v) is 25.1. The van der Waals surface area contributed by atoms with Gasteiger partial charge in [-0.15, -0.1) is 0 Å². The third-order valence-electron chi connectivity index (χ3n) is 5.70.